The van der Waals surface area contributed by atoms with Gasteiger partial charge in [-0.1, -0.05) is 29.3 Å². The summed E-state index contributed by atoms with van der Waals surface area (Å²) in [5.41, 5.74) is 1.04. The van der Waals surface area contributed by atoms with E-state index in [0.717, 1.165) is 0 Å². The van der Waals surface area contributed by atoms with Crippen LogP contribution in [-0.4, -0.2) is 10.9 Å². The van der Waals surface area contributed by atoms with Crippen LogP contribution in [0.15, 0.2) is 48.3 Å². The van der Waals surface area contributed by atoms with Crippen molar-refractivity contribution in [3.8, 4) is 6.07 Å². The molecule has 1 heterocycles. The molecule has 2 aromatic rings. The summed E-state index contributed by atoms with van der Waals surface area (Å²) in [5.74, 6) is -0.542. The molecule has 2 rings (SSSR count). The first kappa shape index (κ1) is 15.0. The molecule has 0 unspecified atom stereocenters. The first-order valence-electron chi connectivity index (χ1n) is 5.88. The Bertz CT molecular complexity index is 716. The molecule has 0 saturated carbocycles. The zero-order valence-electron chi connectivity index (χ0n) is 10.7. The molecule has 0 aliphatic carbocycles. The highest BCUT2D eigenvalue weighted by molar-refractivity contribution is 6.35. The van der Waals surface area contributed by atoms with E-state index in [-0.39, 0.29) is 5.57 Å². The van der Waals surface area contributed by atoms with Gasteiger partial charge in [0.25, 0.3) is 5.91 Å². The van der Waals surface area contributed by atoms with Gasteiger partial charge in [0.05, 0.1) is 0 Å². The monoisotopic (exact) mass is 317 g/mol. The van der Waals surface area contributed by atoms with E-state index in [1.54, 1.807) is 42.7 Å². The lowest BCUT2D eigenvalue weighted by Crippen LogP contribution is -2.13. The minimum atomic E-state index is -0.542. The molecule has 1 N–H and O–H groups in total. The SMILES string of the molecule is N#C/C(=C\c1cccnc1)C(=O)Nc1cc(Cl)cc(Cl)c1. The van der Waals surface area contributed by atoms with Gasteiger partial charge < -0.3 is 5.32 Å². The van der Waals surface area contributed by atoms with Gasteiger partial charge in [-0.25, -0.2) is 0 Å². The molecule has 6 heteroatoms. The Morgan fingerprint density at radius 1 is 1.29 bits per heavy atom. The van der Waals surface area contributed by atoms with E-state index >= 15 is 0 Å². The van der Waals surface area contributed by atoms with Gasteiger partial charge in [0.2, 0.25) is 0 Å². The Labute approximate surface area is 131 Å². The van der Waals surface area contributed by atoms with Crippen molar-refractivity contribution in [1.29, 1.82) is 5.26 Å². The van der Waals surface area contributed by atoms with Gasteiger partial charge in [0.1, 0.15) is 11.6 Å². The summed E-state index contributed by atoms with van der Waals surface area (Å²) < 4.78 is 0. The summed E-state index contributed by atoms with van der Waals surface area (Å²) >= 11 is 11.7. The molecule has 0 aliphatic rings. The molecule has 0 spiro atoms. The molecule has 104 valence electrons. The summed E-state index contributed by atoms with van der Waals surface area (Å²) in [6, 6.07) is 9.96. The molecule has 1 aromatic heterocycles. The number of aromatic nitrogens is 1. The first-order valence-corrected chi connectivity index (χ1v) is 6.63. The Hall–Kier alpha value is -2.35. The number of nitriles is 1. The minimum absolute atomic E-state index is 0.0425. The van der Waals surface area contributed by atoms with Crippen LogP contribution in [0, 0.1) is 11.3 Å². The highest BCUT2D eigenvalue weighted by Crippen LogP contribution is 2.22. The zero-order chi connectivity index (χ0) is 15.2. The number of amides is 1. The second-order valence-corrected chi connectivity index (χ2v) is 4.94. The van der Waals surface area contributed by atoms with Crippen LogP contribution in [0.3, 0.4) is 0 Å². The number of rotatable bonds is 3. The van der Waals surface area contributed by atoms with Crippen LogP contribution in [-0.2, 0) is 4.79 Å². The van der Waals surface area contributed by atoms with Gasteiger partial charge in [-0.15, -0.1) is 0 Å². The topological polar surface area (TPSA) is 65.8 Å². The maximum atomic E-state index is 12.1. The van der Waals surface area contributed by atoms with Crippen molar-refractivity contribution in [2.45, 2.75) is 0 Å². The Morgan fingerprint density at radius 3 is 2.57 bits per heavy atom. The third-order valence-corrected chi connectivity index (χ3v) is 2.92. The average Bonchev–Trinajstić information content (AvgIpc) is 2.44. The molecule has 0 bridgehead atoms. The number of pyridine rings is 1. The first-order chi connectivity index (χ1) is 10.1. The molecule has 0 fully saturated rings. The fraction of sp³-hybridized carbons (Fsp3) is 0. The standard InChI is InChI=1S/C15H9Cl2N3O/c16-12-5-13(17)7-14(6-12)20-15(21)11(8-18)4-10-2-1-3-19-9-10/h1-7,9H,(H,20,21)/b11-4+. The summed E-state index contributed by atoms with van der Waals surface area (Å²) in [7, 11) is 0. The van der Waals surface area contributed by atoms with E-state index in [1.807, 2.05) is 6.07 Å². The van der Waals surface area contributed by atoms with Crippen molar-refractivity contribution in [3.05, 3.63) is 63.9 Å². The number of carbonyl (C=O) groups excluding carboxylic acids is 1. The van der Waals surface area contributed by atoms with Gasteiger partial charge >= 0.3 is 0 Å². The predicted molar refractivity (Wildman–Crippen MR) is 82.9 cm³/mol. The van der Waals surface area contributed by atoms with Crippen molar-refractivity contribution in [3.63, 3.8) is 0 Å². The van der Waals surface area contributed by atoms with Crippen molar-refractivity contribution < 1.29 is 4.79 Å². The van der Waals surface area contributed by atoms with E-state index in [0.29, 0.717) is 21.3 Å². The molecule has 21 heavy (non-hydrogen) atoms. The summed E-state index contributed by atoms with van der Waals surface area (Å²) in [6.07, 6.45) is 4.62. The van der Waals surface area contributed by atoms with Crippen LogP contribution in [0.4, 0.5) is 5.69 Å². The number of benzene rings is 1. The quantitative estimate of drug-likeness (QED) is 0.689. The Morgan fingerprint density at radius 2 is 2.00 bits per heavy atom. The van der Waals surface area contributed by atoms with Crippen LogP contribution >= 0.6 is 23.2 Å². The average molecular weight is 318 g/mol. The lowest BCUT2D eigenvalue weighted by atomic mass is 10.1. The maximum absolute atomic E-state index is 12.1. The van der Waals surface area contributed by atoms with Gasteiger partial charge in [-0.2, -0.15) is 5.26 Å². The molecule has 4 nitrogen and oxygen atoms in total. The molecule has 0 aliphatic heterocycles. The largest absolute Gasteiger partial charge is 0.321 e. The van der Waals surface area contributed by atoms with Crippen LogP contribution in [0.5, 0.6) is 0 Å². The molecular formula is C15H9Cl2N3O. The van der Waals surface area contributed by atoms with Gasteiger partial charge in [-0.3, -0.25) is 9.78 Å². The number of carbonyl (C=O) groups is 1. The number of hydrogen-bond acceptors (Lipinski definition) is 3. The van der Waals surface area contributed by atoms with Crippen molar-refractivity contribution >= 4 is 40.9 Å². The molecule has 0 radical (unpaired) electrons. The summed E-state index contributed by atoms with van der Waals surface area (Å²) in [4.78, 5) is 16.0. The number of hydrogen-bond donors (Lipinski definition) is 1. The molecule has 0 atom stereocenters. The second-order valence-electron chi connectivity index (χ2n) is 4.07. The lowest BCUT2D eigenvalue weighted by molar-refractivity contribution is -0.112. The molecule has 1 amide bonds. The van der Waals surface area contributed by atoms with Crippen LogP contribution in [0.1, 0.15) is 5.56 Å². The van der Waals surface area contributed by atoms with E-state index in [4.69, 9.17) is 28.5 Å². The molecule has 0 saturated heterocycles. The number of nitrogens with zero attached hydrogens (tertiary/aromatic N) is 2. The summed E-state index contributed by atoms with van der Waals surface area (Å²) in [5, 5.41) is 12.5. The fourth-order valence-corrected chi connectivity index (χ4v) is 2.13. The van der Waals surface area contributed by atoms with E-state index in [1.165, 1.54) is 6.08 Å². The second kappa shape index (κ2) is 6.89. The number of nitrogens with one attached hydrogen (secondary N) is 1. The Kier molecular flexibility index (Phi) is 4.94. The third kappa shape index (κ3) is 4.32. The zero-order valence-corrected chi connectivity index (χ0v) is 12.2. The molecular weight excluding hydrogens is 309 g/mol. The number of anilines is 1. The van der Waals surface area contributed by atoms with Gasteiger partial charge in [0.15, 0.2) is 0 Å². The molecule has 1 aromatic carbocycles. The minimum Gasteiger partial charge on any atom is -0.321 e. The third-order valence-electron chi connectivity index (χ3n) is 2.48. The maximum Gasteiger partial charge on any atom is 0.266 e. The van der Waals surface area contributed by atoms with E-state index in [9.17, 15) is 4.79 Å². The van der Waals surface area contributed by atoms with E-state index in [2.05, 4.69) is 10.3 Å². The Balaban J connectivity index is 2.22. The van der Waals surface area contributed by atoms with Crippen LogP contribution in [0.25, 0.3) is 6.08 Å². The highest BCUT2D eigenvalue weighted by Gasteiger charge is 2.10. The van der Waals surface area contributed by atoms with Crippen molar-refractivity contribution in [2.24, 2.45) is 0 Å². The predicted octanol–water partition coefficient (Wildman–Crippen LogP) is 3.93. The number of halogens is 2. The van der Waals surface area contributed by atoms with Crippen molar-refractivity contribution in [2.75, 3.05) is 5.32 Å². The fourth-order valence-electron chi connectivity index (χ4n) is 1.60. The highest BCUT2D eigenvalue weighted by atomic mass is 35.5. The normalized spacial score (nSPS) is 10.8. The van der Waals surface area contributed by atoms with Gasteiger partial charge in [-0.05, 0) is 35.9 Å². The van der Waals surface area contributed by atoms with Crippen LogP contribution < -0.4 is 5.32 Å². The van der Waals surface area contributed by atoms with E-state index < -0.39 is 5.91 Å². The van der Waals surface area contributed by atoms with Crippen molar-refractivity contribution in [1.82, 2.24) is 4.98 Å². The van der Waals surface area contributed by atoms with Gasteiger partial charge in [0, 0.05) is 28.1 Å². The lowest BCUT2D eigenvalue weighted by Gasteiger charge is -2.05. The van der Waals surface area contributed by atoms with Crippen LogP contribution in [0.2, 0.25) is 10.0 Å². The summed E-state index contributed by atoms with van der Waals surface area (Å²) in [6.45, 7) is 0. The smallest absolute Gasteiger partial charge is 0.266 e.